The van der Waals surface area contributed by atoms with Gasteiger partial charge in [-0.2, -0.15) is 0 Å². The Hall–Kier alpha value is -15.4. The molecule has 8 nitrogen and oxygen atoms in total. The fourth-order valence-electron chi connectivity index (χ4n) is 16.2. The van der Waals surface area contributed by atoms with Gasteiger partial charge >= 0.3 is 0 Å². The lowest BCUT2D eigenvalue weighted by atomic mass is 9.94. The average molecular weight is 1460 g/mol. The highest BCUT2D eigenvalue weighted by atomic mass is 16.3. The van der Waals surface area contributed by atoms with E-state index in [-0.39, 0.29) is 0 Å². The summed E-state index contributed by atoms with van der Waals surface area (Å²) in [6.45, 7) is 0. The average Bonchev–Trinajstić information content (AvgIpc) is 1.54. The molecular formula is C106H66N6O2. The van der Waals surface area contributed by atoms with Gasteiger partial charge in [0.2, 0.25) is 0 Å². The van der Waals surface area contributed by atoms with Gasteiger partial charge in [0.25, 0.3) is 0 Å². The number of hydrogen-bond donors (Lipinski definition) is 0. The minimum atomic E-state index is 0.660. The van der Waals surface area contributed by atoms with Gasteiger partial charge in [0.1, 0.15) is 22.3 Å². The van der Waals surface area contributed by atoms with E-state index in [1.54, 1.807) is 0 Å². The number of aromatic nitrogens is 6. The lowest BCUT2D eigenvalue weighted by molar-refractivity contribution is 0.672. The Balaban J connectivity index is 0.000000146. The first-order valence-corrected chi connectivity index (χ1v) is 38.4. The Kier molecular flexibility index (Phi) is 16.7. The Morgan fingerprint density at radius 2 is 0.447 bits per heavy atom. The number of nitrogens with zero attached hydrogens (tertiary/aromatic N) is 6. The number of rotatable bonds is 12. The van der Waals surface area contributed by atoms with Crippen LogP contribution >= 0.6 is 0 Å². The zero-order valence-corrected chi connectivity index (χ0v) is 61.6. The highest BCUT2D eigenvalue weighted by Crippen LogP contribution is 2.47. The highest BCUT2D eigenvalue weighted by molar-refractivity contribution is 6.25. The van der Waals surface area contributed by atoms with Crippen LogP contribution in [0, 0.1) is 0 Å². The van der Waals surface area contributed by atoms with Crippen LogP contribution in [-0.2, 0) is 0 Å². The van der Waals surface area contributed by atoms with E-state index >= 15 is 0 Å². The highest BCUT2D eigenvalue weighted by Gasteiger charge is 2.25. The molecule has 0 radical (unpaired) electrons. The van der Waals surface area contributed by atoms with Gasteiger partial charge in [0, 0.05) is 55.3 Å². The van der Waals surface area contributed by atoms with E-state index in [2.05, 4.69) is 328 Å². The molecule has 8 heteroatoms. The Morgan fingerprint density at radius 3 is 0.851 bits per heavy atom. The molecule has 532 valence electrons. The molecule has 0 aliphatic rings. The molecule has 0 atom stereocenters. The molecule has 22 aromatic rings. The Labute approximate surface area is 657 Å². The molecule has 0 aliphatic heterocycles. The summed E-state index contributed by atoms with van der Waals surface area (Å²) in [6, 6.07) is 139. The summed E-state index contributed by atoms with van der Waals surface area (Å²) in [5.74, 6) is 1.36. The molecule has 0 amide bonds. The van der Waals surface area contributed by atoms with E-state index in [4.69, 9.17) is 38.7 Å². The third-order valence-electron chi connectivity index (χ3n) is 21.8. The van der Waals surface area contributed by atoms with Crippen LogP contribution < -0.4 is 0 Å². The fourth-order valence-corrected chi connectivity index (χ4v) is 16.2. The second-order valence-corrected chi connectivity index (χ2v) is 28.7. The molecule has 0 fully saturated rings. The zero-order valence-electron chi connectivity index (χ0n) is 61.6. The number of pyridine rings is 2. The SMILES string of the molecule is c1ccc(-c2cc(-c3ccc(-c4cccc5nc(-c6cccc7ccccc67)c6c7ccccc7oc6c45)cc3)nc(-c3ccccc3)n2)cc1.c1ccc(-c2ccc(-c3cc(-c4ccc(-c5ccccc5)cc4)nc(-c4ccc(-c5cccc6nc(-c7cccc8ccccc78)c7c8ccccc8oc7c56)cc4)n3)cc2)cc1. The standard InChI is InChI=1S/C59H37N3O.C47H29N3O/c1-3-13-38(14-4-1)40-25-31-44(32-26-40)52-37-53(45-33-27-41(28-34-45)39-15-5-2-6-16-39)62-59(61-52)46-35-29-43(30-36-46)48-21-12-23-51-55(48)58-56(50-20-9-10-24-54(50)63-58)57(60-51)49-22-11-18-42-17-7-8-19-47(42)49;1-3-14-32(15-4-1)40-29-41(50-47(49-40)34-16-5-2-6-17-34)33-27-25-31(26-28-33)36-21-12-23-39-43(36)46-44(38-20-9-10-24-42(38)51-46)45(48-39)37-22-11-18-30-13-7-8-19-35(30)37/h1-37H;1-29H. The molecule has 0 N–H and O–H groups in total. The van der Waals surface area contributed by atoms with Crippen molar-refractivity contribution >= 4 is 87.2 Å². The summed E-state index contributed by atoms with van der Waals surface area (Å²) in [5.41, 5.74) is 27.6. The van der Waals surface area contributed by atoms with Crippen LogP contribution in [0.1, 0.15) is 0 Å². The van der Waals surface area contributed by atoms with Crippen LogP contribution in [0.25, 0.3) is 222 Å². The lowest BCUT2D eigenvalue weighted by Crippen LogP contribution is -1.96. The van der Waals surface area contributed by atoms with Crippen molar-refractivity contribution in [2.45, 2.75) is 0 Å². The van der Waals surface area contributed by atoms with E-state index in [1.807, 2.05) is 72.8 Å². The van der Waals surface area contributed by atoms with E-state index in [0.717, 1.165) is 183 Å². The van der Waals surface area contributed by atoms with Crippen LogP contribution in [0.5, 0.6) is 0 Å². The normalized spacial score (nSPS) is 11.5. The molecule has 0 spiro atoms. The van der Waals surface area contributed by atoms with E-state index in [9.17, 15) is 0 Å². The molecule has 114 heavy (non-hydrogen) atoms. The van der Waals surface area contributed by atoms with Crippen molar-refractivity contribution in [2.24, 2.45) is 0 Å². The maximum absolute atomic E-state index is 6.81. The molecular weight excluding hydrogens is 1390 g/mol. The van der Waals surface area contributed by atoms with Gasteiger partial charge in [-0.1, -0.05) is 364 Å². The first-order valence-electron chi connectivity index (χ1n) is 38.4. The minimum absolute atomic E-state index is 0.660. The van der Waals surface area contributed by atoms with Crippen LogP contribution in [0.15, 0.2) is 409 Å². The fraction of sp³-hybridized carbons (Fsp3) is 0. The van der Waals surface area contributed by atoms with Crippen molar-refractivity contribution in [1.29, 1.82) is 0 Å². The molecule has 0 bridgehead atoms. The van der Waals surface area contributed by atoms with Crippen molar-refractivity contribution in [3.63, 3.8) is 0 Å². The first-order chi connectivity index (χ1) is 56.5. The topological polar surface area (TPSA) is 104 Å². The van der Waals surface area contributed by atoms with Gasteiger partial charge in [-0.25, -0.2) is 29.9 Å². The molecule has 0 saturated heterocycles. The third kappa shape index (κ3) is 12.2. The number of furan rings is 2. The quantitative estimate of drug-likeness (QED) is 0.119. The third-order valence-corrected chi connectivity index (χ3v) is 21.8. The maximum Gasteiger partial charge on any atom is 0.160 e. The minimum Gasteiger partial charge on any atom is -0.455 e. The maximum atomic E-state index is 6.81. The number of fused-ring (bicyclic) bond motifs is 12. The molecule has 6 aromatic heterocycles. The monoisotopic (exact) mass is 1450 g/mol. The van der Waals surface area contributed by atoms with Gasteiger partial charge in [-0.15, -0.1) is 0 Å². The number of hydrogen-bond acceptors (Lipinski definition) is 8. The summed E-state index contributed by atoms with van der Waals surface area (Å²) in [7, 11) is 0. The molecule has 0 saturated carbocycles. The molecule has 16 aromatic carbocycles. The van der Waals surface area contributed by atoms with E-state index < -0.39 is 0 Å². The second-order valence-electron chi connectivity index (χ2n) is 28.7. The number of para-hydroxylation sites is 2. The molecule has 0 aliphatic carbocycles. The Bertz CT molecular complexity index is 7250. The first kappa shape index (κ1) is 66.8. The molecule has 0 unspecified atom stereocenters. The van der Waals surface area contributed by atoms with Crippen LogP contribution in [0.4, 0.5) is 0 Å². The van der Waals surface area contributed by atoms with Crippen LogP contribution in [0.3, 0.4) is 0 Å². The molecule has 22 rings (SSSR count). The smallest absolute Gasteiger partial charge is 0.160 e. The summed E-state index contributed by atoms with van der Waals surface area (Å²) >= 11 is 0. The van der Waals surface area contributed by atoms with Crippen molar-refractivity contribution < 1.29 is 8.83 Å². The summed E-state index contributed by atoms with van der Waals surface area (Å²) < 4.78 is 13.6. The van der Waals surface area contributed by atoms with Crippen LogP contribution in [-0.4, -0.2) is 29.9 Å². The van der Waals surface area contributed by atoms with Crippen molar-refractivity contribution in [3.8, 4) is 135 Å². The largest absolute Gasteiger partial charge is 0.455 e. The molecule has 6 heterocycles. The van der Waals surface area contributed by atoms with Crippen LogP contribution in [0.2, 0.25) is 0 Å². The summed E-state index contributed by atoms with van der Waals surface area (Å²) in [4.78, 5) is 31.3. The Morgan fingerprint density at radius 1 is 0.175 bits per heavy atom. The zero-order chi connectivity index (χ0) is 75.4. The van der Waals surface area contributed by atoms with Gasteiger partial charge in [0.15, 0.2) is 11.6 Å². The van der Waals surface area contributed by atoms with Crippen molar-refractivity contribution in [2.75, 3.05) is 0 Å². The summed E-state index contributed by atoms with van der Waals surface area (Å²) in [6.07, 6.45) is 0. The number of benzene rings is 16. The van der Waals surface area contributed by atoms with Gasteiger partial charge < -0.3 is 8.83 Å². The van der Waals surface area contributed by atoms with E-state index in [0.29, 0.717) is 11.6 Å². The predicted octanol–water partition coefficient (Wildman–Crippen LogP) is 28.2. The lowest BCUT2D eigenvalue weighted by Gasteiger charge is -2.13. The predicted molar refractivity (Wildman–Crippen MR) is 469 cm³/mol. The van der Waals surface area contributed by atoms with Crippen molar-refractivity contribution in [1.82, 2.24) is 29.9 Å². The van der Waals surface area contributed by atoms with Gasteiger partial charge in [-0.3, -0.25) is 0 Å². The van der Waals surface area contributed by atoms with Crippen molar-refractivity contribution in [3.05, 3.63) is 400 Å². The van der Waals surface area contributed by atoms with Gasteiger partial charge in [-0.05, 0) is 102 Å². The van der Waals surface area contributed by atoms with E-state index in [1.165, 1.54) is 27.3 Å². The second kappa shape index (κ2) is 28.6. The van der Waals surface area contributed by atoms with Gasteiger partial charge in [0.05, 0.1) is 66.7 Å². The summed E-state index contributed by atoms with van der Waals surface area (Å²) in [5, 5.41) is 10.8.